The molecule has 1 atom stereocenters. The number of carbonyl (C=O) groups excluding carboxylic acids is 1. The minimum Gasteiger partial charge on any atom is -0.397 e. The lowest BCUT2D eigenvalue weighted by Gasteiger charge is -2.34. The summed E-state index contributed by atoms with van der Waals surface area (Å²) in [6.07, 6.45) is 3.05. The minimum absolute atomic E-state index is 0.0463. The van der Waals surface area contributed by atoms with Gasteiger partial charge in [0.05, 0.1) is 5.69 Å². The van der Waals surface area contributed by atoms with E-state index in [1.807, 2.05) is 11.0 Å². The van der Waals surface area contributed by atoms with E-state index in [4.69, 9.17) is 10.7 Å². The number of carbonyl (C=O) groups is 1. The van der Waals surface area contributed by atoms with Crippen LogP contribution in [0.25, 0.3) is 10.2 Å². The predicted octanol–water partition coefficient (Wildman–Crippen LogP) is 5.11. The van der Waals surface area contributed by atoms with Crippen LogP contribution in [0.1, 0.15) is 44.4 Å². The van der Waals surface area contributed by atoms with Crippen molar-refractivity contribution in [1.82, 2.24) is 14.8 Å². The van der Waals surface area contributed by atoms with Crippen molar-refractivity contribution in [2.75, 3.05) is 31.9 Å². The summed E-state index contributed by atoms with van der Waals surface area (Å²) in [7, 11) is 0. The molecule has 2 N–H and O–H groups in total. The monoisotopic (exact) mass is 482 g/mol. The van der Waals surface area contributed by atoms with E-state index in [1.165, 1.54) is 33.7 Å². The number of aryl methyl sites for hydroxylation is 1. The average molecular weight is 483 g/mol. The summed E-state index contributed by atoms with van der Waals surface area (Å²) < 4.78 is 0. The number of pyridine rings is 1. The van der Waals surface area contributed by atoms with E-state index in [9.17, 15) is 4.79 Å². The second kappa shape index (κ2) is 9.44. The molecule has 0 saturated carbocycles. The first kappa shape index (κ1) is 22.3. The molecule has 4 aromatic rings. The van der Waals surface area contributed by atoms with Gasteiger partial charge in [0.25, 0.3) is 5.91 Å². The first-order valence-corrected chi connectivity index (χ1v) is 13.3. The number of nitrogens with zero attached hydrogens (tertiary/aromatic N) is 3. The number of benzene rings is 2. The molecule has 5 nitrogen and oxygen atoms in total. The van der Waals surface area contributed by atoms with Gasteiger partial charge < -0.3 is 10.6 Å². The number of amides is 1. The van der Waals surface area contributed by atoms with Gasteiger partial charge in [-0.2, -0.15) is 0 Å². The molecule has 0 radical (unpaired) electrons. The fourth-order valence-electron chi connectivity index (χ4n) is 5.45. The van der Waals surface area contributed by atoms with Gasteiger partial charge in [0, 0.05) is 43.8 Å². The summed E-state index contributed by atoms with van der Waals surface area (Å²) in [6.45, 7) is 4.12. The lowest BCUT2D eigenvalue weighted by atomic mass is 9.82. The van der Waals surface area contributed by atoms with Gasteiger partial charge in [-0.05, 0) is 47.9 Å². The van der Waals surface area contributed by atoms with Crippen LogP contribution in [0.2, 0.25) is 0 Å². The van der Waals surface area contributed by atoms with E-state index >= 15 is 0 Å². The van der Waals surface area contributed by atoms with Gasteiger partial charge in [0.2, 0.25) is 0 Å². The van der Waals surface area contributed by atoms with Crippen molar-refractivity contribution in [3.05, 3.63) is 94.0 Å². The lowest BCUT2D eigenvalue weighted by molar-refractivity contribution is 0.0634. The summed E-state index contributed by atoms with van der Waals surface area (Å²) in [5.41, 5.74) is 12.3. The Morgan fingerprint density at radius 1 is 1.00 bits per heavy atom. The minimum atomic E-state index is 0.0463. The van der Waals surface area contributed by atoms with E-state index in [2.05, 4.69) is 65.6 Å². The van der Waals surface area contributed by atoms with Gasteiger partial charge >= 0.3 is 0 Å². The van der Waals surface area contributed by atoms with Crippen LogP contribution in [0, 0.1) is 0 Å². The number of hydrogen-bond donors (Lipinski definition) is 1. The van der Waals surface area contributed by atoms with Crippen LogP contribution in [0.4, 0.5) is 5.69 Å². The molecule has 1 amide bonds. The second-order valence-corrected chi connectivity index (χ2v) is 10.7. The molecule has 2 aromatic carbocycles. The van der Waals surface area contributed by atoms with Crippen LogP contribution in [0.5, 0.6) is 0 Å². The lowest BCUT2D eigenvalue weighted by Crippen LogP contribution is -2.48. The van der Waals surface area contributed by atoms with E-state index in [1.54, 1.807) is 0 Å². The molecule has 2 aliphatic rings. The number of piperazine rings is 1. The topological polar surface area (TPSA) is 62.5 Å². The molecule has 1 aliphatic heterocycles. The van der Waals surface area contributed by atoms with Gasteiger partial charge in [0.1, 0.15) is 9.71 Å². The fourth-order valence-corrected chi connectivity index (χ4v) is 6.52. The Bertz CT molecular complexity index is 1340. The van der Waals surface area contributed by atoms with Crippen molar-refractivity contribution in [3.8, 4) is 0 Å². The highest BCUT2D eigenvalue weighted by Gasteiger charge is 2.28. The number of fused-ring (bicyclic) bond motifs is 2. The molecule has 35 heavy (non-hydrogen) atoms. The van der Waals surface area contributed by atoms with Crippen molar-refractivity contribution < 1.29 is 4.79 Å². The first-order chi connectivity index (χ1) is 17.2. The number of nitrogens with two attached hydrogens (primary N) is 1. The normalized spacial score (nSPS) is 18.5. The zero-order chi connectivity index (χ0) is 23.8. The third kappa shape index (κ3) is 4.44. The first-order valence-electron chi connectivity index (χ1n) is 12.5. The van der Waals surface area contributed by atoms with Crippen molar-refractivity contribution in [2.24, 2.45) is 0 Å². The predicted molar refractivity (Wildman–Crippen MR) is 143 cm³/mol. The summed E-state index contributed by atoms with van der Waals surface area (Å²) in [6, 6.07) is 23.4. The third-order valence-corrected chi connectivity index (χ3v) is 8.56. The Morgan fingerprint density at radius 2 is 1.71 bits per heavy atom. The maximum Gasteiger partial charge on any atom is 0.266 e. The van der Waals surface area contributed by atoms with Gasteiger partial charge in [-0.15, -0.1) is 11.3 Å². The number of aromatic nitrogens is 1. The Morgan fingerprint density at radius 3 is 2.46 bits per heavy atom. The van der Waals surface area contributed by atoms with Crippen molar-refractivity contribution in [2.45, 2.75) is 31.7 Å². The number of anilines is 1. The van der Waals surface area contributed by atoms with Crippen LogP contribution in [-0.4, -0.2) is 46.9 Å². The molecule has 1 saturated heterocycles. The van der Waals surface area contributed by atoms with Gasteiger partial charge in [-0.1, -0.05) is 60.7 Å². The van der Waals surface area contributed by atoms with Gasteiger partial charge in [-0.3, -0.25) is 9.69 Å². The molecule has 2 aromatic heterocycles. The largest absolute Gasteiger partial charge is 0.397 e. The molecule has 178 valence electrons. The molecular weight excluding hydrogens is 452 g/mol. The van der Waals surface area contributed by atoms with Crippen LogP contribution in [0.3, 0.4) is 0 Å². The summed E-state index contributed by atoms with van der Waals surface area (Å²) in [4.78, 5) is 24.3. The molecule has 6 heteroatoms. The van der Waals surface area contributed by atoms with E-state index in [0.717, 1.165) is 62.2 Å². The van der Waals surface area contributed by atoms with Crippen LogP contribution in [0.15, 0.2) is 66.7 Å². The number of rotatable bonds is 4. The third-order valence-electron chi connectivity index (χ3n) is 7.46. The van der Waals surface area contributed by atoms with E-state index in [-0.39, 0.29) is 5.91 Å². The number of thiophene rings is 1. The molecule has 3 heterocycles. The maximum absolute atomic E-state index is 13.4. The van der Waals surface area contributed by atoms with Crippen LogP contribution in [-0.2, 0) is 19.4 Å². The highest BCUT2D eigenvalue weighted by Crippen LogP contribution is 2.39. The van der Waals surface area contributed by atoms with E-state index in [0.29, 0.717) is 16.5 Å². The fraction of sp³-hybridized carbons (Fsp3) is 0.310. The molecule has 1 fully saturated rings. The van der Waals surface area contributed by atoms with Crippen LogP contribution < -0.4 is 5.73 Å². The smallest absolute Gasteiger partial charge is 0.266 e. The Hall–Kier alpha value is -3.22. The SMILES string of the molecule is Nc1c(C(=O)N2CCN(Cc3ccccc3)CC2)sc2nc3c(cc12)CC(c1ccccc1)CC3. The molecule has 6 rings (SSSR count). The Balaban J connectivity index is 1.18. The second-order valence-electron chi connectivity index (χ2n) is 9.70. The highest BCUT2D eigenvalue weighted by atomic mass is 32.1. The molecule has 1 unspecified atom stereocenters. The molecule has 0 bridgehead atoms. The zero-order valence-corrected chi connectivity index (χ0v) is 20.6. The summed E-state index contributed by atoms with van der Waals surface area (Å²) in [5, 5.41) is 0.938. The molecule has 1 aliphatic carbocycles. The average Bonchev–Trinajstić information content (AvgIpc) is 3.23. The van der Waals surface area contributed by atoms with Crippen LogP contribution >= 0.6 is 11.3 Å². The standard InChI is InChI=1S/C29H30N4OS/c30-26-24-18-23-17-22(21-9-5-2-6-10-21)11-12-25(23)31-28(24)35-27(26)29(34)33-15-13-32(14-16-33)19-20-7-3-1-4-8-20/h1-10,18,22H,11-17,19,30H2. The van der Waals surface area contributed by atoms with Crippen molar-refractivity contribution in [3.63, 3.8) is 0 Å². The maximum atomic E-state index is 13.4. The van der Waals surface area contributed by atoms with Crippen molar-refractivity contribution >= 4 is 33.1 Å². The van der Waals surface area contributed by atoms with E-state index < -0.39 is 0 Å². The van der Waals surface area contributed by atoms with Gasteiger partial charge in [0.15, 0.2) is 0 Å². The Kier molecular flexibility index (Phi) is 6.00. The number of hydrogen-bond acceptors (Lipinski definition) is 5. The van der Waals surface area contributed by atoms with Crippen molar-refractivity contribution in [1.29, 1.82) is 0 Å². The molecular formula is C29H30N4OS. The Labute approximate surface area is 210 Å². The zero-order valence-electron chi connectivity index (χ0n) is 19.8. The van der Waals surface area contributed by atoms with Gasteiger partial charge in [-0.25, -0.2) is 4.98 Å². The highest BCUT2D eigenvalue weighted by molar-refractivity contribution is 7.21. The quantitative estimate of drug-likeness (QED) is 0.439. The summed E-state index contributed by atoms with van der Waals surface area (Å²) in [5.74, 6) is 0.557. The number of nitrogen functional groups attached to an aromatic ring is 1. The molecule has 0 spiro atoms. The summed E-state index contributed by atoms with van der Waals surface area (Å²) >= 11 is 1.46.